The normalized spacial score (nSPS) is 20.0. The summed E-state index contributed by atoms with van der Waals surface area (Å²) in [5, 5.41) is 11.8. The van der Waals surface area contributed by atoms with Crippen LogP contribution in [0, 0.1) is 5.92 Å². The van der Waals surface area contributed by atoms with Gasteiger partial charge in [0.1, 0.15) is 12.1 Å². The van der Waals surface area contributed by atoms with Crippen LogP contribution >= 0.6 is 0 Å². The number of nitrogens with one attached hydrogen (secondary N) is 1. The second-order valence-electron chi connectivity index (χ2n) is 6.64. The number of carbonyl (C=O) groups is 3. The molecule has 1 rings (SSSR count). The summed E-state index contributed by atoms with van der Waals surface area (Å²) in [5.74, 6) is -1.77. The lowest BCUT2D eigenvalue weighted by Crippen LogP contribution is -2.54. The monoisotopic (exact) mass is 342 g/mol. The standard InChI is InChI=1S/C16H30N4O4/c1-10(2)13(18)15(22)20-9-5-7-12(20)14(21)19-11(16(23)24)6-3-4-8-17/h10-13H,3-9,17-18H2,1-2H3,(H,19,21)(H,23,24)/t11-,12-,13-/m0/s1. The van der Waals surface area contributed by atoms with Crippen molar-refractivity contribution in [3.05, 3.63) is 0 Å². The first-order valence-electron chi connectivity index (χ1n) is 8.58. The van der Waals surface area contributed by atoms with E-state index >= 15 is 0 Å². The molecule has 0 spiro atoms. The number of carboxylic acids is 1. The van der Waals surface area contributed by atoms with Gasteiger partial charge >= 0.3 is 5.97 Å². The first-order valence-corrected chi connectivity index (χ1v) is 8.58. The molecule has 2 amide bonds. The van der Waals surface area contributed by atoms with Gasteiger partial charge in [-0.05, 0) is 44.6 Å². The molecule has 1 aliphatic rings. The van der Waals surface area contributed by atoms with E-state index in [2.05, 4.69) is 5.32 Å². The zero-order valence-electron chi connectivity index (χ0n) is 14.5. The van der Waals surface area contributed by atoms with Crippen molar-refractivity contribution in [2.75, 3.05) is 13.1 Å². The SMILES string of the molecule is CC(C)[C@H](N)C(=O)N1CCC[C@H]1C(=O)N[C@@H](CCCCN)C(=O)O. The van der Waals surface area contributed by atoms with Crippen LogP contribution in [0.3, 0.4) is 0 Å². The molecule has 8 heteroatoms. The maximum absolute atomic E-state index is 12.5. The third-order valence-corrected chi connectivity index (χ3v) is 4.40. The summed E-state index contributed by atoms with van der Waals surface area (Å²) in [6, 6.07) is -2.25. The van der Waals surface area contributed by atoms with E-state index in [1.54, 1.807) is 0 Å². The van der Waals surface area contributed by atoms with Gasteiger partial charge in [0.2, 0.25) is 11.8 Å². The number of likely N-dealkylation sites (tertiary alicyclic amines) is 1. The molecule has 0 aromatic heterocycles. The Balaban J connectivity index is 2.70. The first-order chi connectivity index (χ1) is 11.3. The molecule has 0 aromatic carbocycles. The van der Waals surface area contributed by atoms with E-state index in [1.807, 2.05) is 13.8 Å². The molecule has 3 atom stereocenters. The molecule has 6 N–H and O–H groups in total. The Morgan fingerprint density at radius 1 is 1.29 bits per heavy atom. The lowest BCUT2D eigenvalue weighted by molar-refractivity contribution is -0.144. The van der Waals surface area contributed by atoms with Crippen LogP contribution in [0.25, 0.3) is 0 Å². The minimum atomic E-state index is -1.07. The van der Waals surface area contributed by atoms with Gasteiger partial charge in [-0.3, -0.25) is 9.59 Å². The Morgan fingerprint density at radius 2 is 1.96 bits per heavy atom. The molecule has 0 radical (unpaired) electrons. The minimum absolute atomic E-state index is 0.0233. The number of nitrogens with zero attached hydrogens (tertiary/aromatic N) is 1. The number of unbranched alkanes of at least 4 members (excludes halogenated alkanes) is 1. The van der Waals surface area contributed by atoms with Crippen molar-refractivity contribution < 1.29 is 19.5 Å². The number of rotatable bonds is 9. The predicted octanol–water partition coefficient (Wildman–Crippen LogP) is -0.341. The number of nitrogens with two attached hydrogens (primary N) is 2. The second kappa shape index (κ2) is 9.58. The highest BCUT2D eigenvalue weighted by atomic mass is 16.4. The van der Waals surface area contributed by atoms with E-state index in [9.17, 15) is 19.5 Å². The van der Waals surface area contributed by atoms with Gasteiger partial charge < -0.3 is 26.8 Å². The average Bonchev–Trinajstić information content (AvgIpc) is 3.01. The Bertz CT molecular complexity index is 455. The summed E-state index contributed by atoms with van der Waals surface area (Å²) in [7, 11) is 0. The Kier molecular flexibility index (Phi) is 8.14. The van der Waals surface area contributed by atoms with Gasteiger partial charge in [-0.1, -0.05) is 13.8 Å². The number of carboxylic acid groups (broad SMARTS) is 1. The van der Waals surface area contributed by atoms with Crippen LogP contribution in [0.15, 0.2) is 0 Å². The van der Waals surface area contributed by atoms with Crippen molar-refractivity contribution in [1.82, 2.24) is 10.2 Å². The molecule has 138 valence electrons. The highest BCUT2D eigenvalue weighted by molar-refractivity contribution is 5.92. The summed E-state index contributed by atoms with van der Waals surface area (Å²) >= 11 is 0. The zero-order valence-corrected chi connectivity index (χ0v) is 14.5. The average molecular weight is 342 g/mol. The van der Waals surface area contributed by atoms with Crippen molar-refractivity contribution in [3.63, 3.8) is 0 Å². The summed E-state index contributed by atoms with van der Waals surface area (Å²) in [4.78, 5) is 37.7. The van der Waals surface area contributed by atoms with Gasteiger partial charge in [-0.15, -0.1) is 0 Å². The number of amides is 2. The third kappa shape index (κ3) is 5.45. The highest BCUT2D eigenvalue weighted by Gasteiger charge is 2.37. The summed E-state index contributed by atoms with van der Waals surface area (Å²) < 4.78 is 0. The van der Waals surface area contributed by atoms with Gasteiger partial charge in [0, 0.05) is 6.54 Å². The van der Waals surface area contributed by atoms with Crippen molar-refractivity contribution in [1.29, 1.82) is 0 Å². The smallest absolute Gasteiger partial charge is 0.326 e. The van der Waals surface area contributed by atoms with Gasteiger partial charge in [-0.25, -0.2) is 4.79 Å². The lowest BCUT2D eigenvalue weighted by atomic mass is 10.0. The van der Waals surface area contributed by atoms with Crippen molar-refractivity contribution in [2.24, 2.45) is 17.4 Å². The van der Waals surface area contributed by atoms with E-state index in [4.69, 9.17) is 11.5 Å². The first kappa shape index (κ1) is 20.4. The number of hydrogen-bond acceptors (Lipinski definition) is 5. The van der Waals surface area contributed by atoms with Gasteiger partial charge in [0.15, 0.2) is 0 Å². The van der Waals surface area contributed by atoms with E-state index in [0.29, 0.717) is 45.2 Å². The molecule has 0 unspecified atom stereocenters. The van der Waals surface area contributed by atoms with E-state index in [1.165, 1.54) is 4.90 Å². The third-order valence-electron chi connectivity index (χ3n) is 4.40. The van der Waals surface area contributed by atoms with Gasteiger partial charge in [0.05, 0.1) is 6.04 Å². The molecule has 1 heterocycles. The van der Waals surface area contributed by atoms with Crippen LogP contribution in [-0.4, -0.2) is 59.0 Å². The van der Waals surface area contributed by atoms with Crippen LogP contribution < -0.4 is 16.8 Å². The van der Waals surface area contributed by atoms with Crippen LogP contribution in [0.4, 0.5) is 0 Å². The lowest BCUT2D eigenvalue weighted by Gasteiger charge is -2.29. The molecule has 1 saturated heterocycles. The summed E-state index contributed by atoms with van der Waals surface area (Å²) in [6.07, 6.45) is 2.89. The second-order valence-corrected chi connectivity index (χ2v) is 6.64. The molecule has 0 saturated carbocycles. The molecule has 0 bridgehead atoms. The van der Waals surface area contributed by atoms with Crippen molar-refractivity contribution >= 4 is 17.8 Å². The fourth-order valence-electron chi connectivity index (χ4n) is 2.80. The van der Waals surface area contributed by atoms with Gasteiger partial charge in [0.25, 0.3) is 0 Å². The van der Waals surface area contributed by atoms with E-state index < -0.39 is 30.0 Å². The van der Waals surface area contributed by atoms with Crippen molar-refractivity contribution in [3.8, 4) is 0 Å². The molecule has 0 aromatic rings. The quantitative estimate of drug-likeness (QED) is 0.423. The molecular weight excluding hydrogens is 312 g/mol. The number of carbonyl (C=O) groups excluding carboxylic acids is 2. The molecule has 0 aliphatic carbocycles. The Morgan fingerprint density at radius 3 is 2.50 bits per heavy atom. The van der Waals surface area contributed by atoms with Gasteiger partial charge in [-0.2, -0.15) is 0 Å². The fraction of sp³-hybridized carbons (Fsp3) is 0.812. The maximum Gasteiger partial charge on any atom is 0.326 e. The maximum atomic E-state index is 12.5. The highest BCUT2D eigenvalue weighted by Crippen LogP contribution is 2.20. The Labute approximate surface area is 142 Å². The minimum Gasteiger partial charge on any atom is -0.480 e. The molecule has 8 nitrogen and oxygen atoms in total. The molecule has 1 fully saturated rings. The number of hydrogen-bond donors (Lipinski definition) is 4. The Hall–Kier alpha value is -1.67. The molecule has 1 aliphatic heterocycles. The van der Waals surface area contributed by atoms with E-state index in [-0.39, 0.29) is 11.8 Å². The van der Waals surface area contributed by atoms with Crippen LogP contribution in [-0.2, 0) is 14.4 Å². The molecule has 24 heavy (non-hydrogen) atoms. The fourth-order valence-corrected chi connectivity index (χ4v) is 2.80. The predicted molar refractivity (Wildman–Crippen MR) is 90.0 cm³/mol. The number of aliphatic carboxylic acids is 1. The van der Waals surface area contributed by atoms with E-state index in [0.717, 1.165) is 0 Å². The van der Waals surface area contributed by atoms with Crippen molar-refractivity contribution in [2.45, 2.75) is 64.1 Å². The topological polar surface area (TPSA) is 139 Å². The summed E-state index contributed by atoms with van der Waals surface area (Å²) in [6.45, 7) is 4.66. The van der Waals surface area contributed by atoms with Crippen LogP contribution in [0.1, 0.15) is 46.0 Å². The molecular formula is C16H30N4O4. The van der Waals surface area contributed by atoms with Crippen LogP contribution in [0.5, 0.6) is 0 Å². The zero-order chi connectivity index (χ0) is 18.3. The summed E-state index contributed by atoms with van der Waals surface area (Å²) in [5.41, 5.74) is 11.3. The largest absolute Gasteiger partial charge is 0.480 e. The van der Waals surface area contributed by atoms with Crippen LogP contribution in [0.2, 0.25) is 0 Å².